The zero-order valence-electron chi connectivity index (χ0n) is 17.4. The highest BCUT2D eigenvalue weighted by Gasteiger charge is 2.44. The Labute approximate surface area is 183 Å². The molecular formula is C22H24FN3O4S. The number of benzene rings is 1. The summed E-state index contributed by atoms with van der Waals surface area (Å²) in [5.74, 6) is -1.98. The van der Waals surface area contributed by atoms with Crippen LogP contribution in [-0.2, 0) is 9.53 Å². The first-order chi connectivity index (χ1) is 14.9. The minimum atomic E-state index is -0.788. The number of thiazole rings is 1. The van der Waals surface area contributed by atoms with Crippen molar-refractivity contribution in [3.8, 4) is 0 Å². The van der Waals surface area contributed by atoms with Crippen LogP contribution in [0.3, 0.4) is 0 Å². The van der Waals surface area contributed by atoms with Gasteiger partial charge in [-0.25, -0.2) is 9.37 Å². The van der Waals surface area contributed by atoms with Gasteiger partial charge in [0.2, 0.25) is 5.78 Å². The van der Waals surface area contributed by atoms with E-state index in [4.69, 9.17) is 4.74 Å². The van der Waals surface area contributed by atoms with Crippen molar-refractivity contribution in [3.63, 3.8) is 0 Å². The van der Waals surface area contributed by atoms with Gasteiger partial charge in [0.05, 0.1) is 40.4 Å². The van der Waals surface area contributed by atoms with E-state index in [1.54, 1.807) is 26.0 Å². The highest BCUT2D eigenvalue weighted by atomic mass is 32.1. The minimum Gasteiger partial charge on any atom is -0.503 e. The van der Waals surface area contributed by atoms with E-state index in [1.165, 1.54) is 28.4 Å². The summed E-state index contributed by atoms with van der Waals surface area (Å²) in [5, 5.41) is 11.5. The van der Waals surface area contributed by atoms with Gasteiger partial charge in [0.1, 0.15) is 5.82 Å². The lowest BCUT2D eigenvalue weighted by Gasteiger charge is -2.31. The highest BCUT2D eigenvalue weighted by molar-refractivity contribution is 7.14. The molecule has 1 amide bonds. The number of aliphatic hydroxyl groups excluding tert-OH is 1. The first kappa shape index (κ1) is 21.6. The van der Waals surface area contributed by atoms with Crippen LogP contribution in [0.15, 0.2) is 35.6 Å². The van der Waals surface area contributed by atoms with Crippen LogP contribution in [-0.4, -0.2) is 71.0 Å². The molecule has 0 bridgehead atoms. The quantitative estimate of drug-likeness (QED) is 0.689. The van der Waals surface area contributed by atoms with Gasteiger partial charge in [-0.15, -0.1) is 11.3 Å². The Hall–Kier alpha value is -2.62. The number of rotatable bonds is 6. The molecule has 31 heavy (non-hydrogen) atoms. The van der Waals surface area contributed by atoms with Crippen LogP contribution in [0.2, 0.25) is 0 Å². The maximum Gasteiger partial charge on any atom is 0.290 e. The number of carbonyl (C=O) groups excluding carboxylic acids is 2. The van der Waals surface area contributed by atoms with Crippen molar-refractivity contribution in [2.75, 3.05) is 39.4 Å². The molecule has 0 unspecified atom stereocenters. The van der Waals surface area contributed by atoms with Gasteiger partial charge in [-0.05, 0) is 31.5 Å². The number of ether oxygens (including phenoxy) is 1. The number of nitrogens with zero attached hydrogens (tertiary/aromatic N) is 3. The first-order valence-corrected chi connectivity index (χ1v) is 11.0. The molecule has 1 atom stereocenters. The van der Waals surface area contributed by atoms with Crippen molar-refractivity contribution in [3.05, 3.63) is 62.6 Å². The Morgan fingerprint density at radius 2 is 1.90 bits per heavy atom. The molecule has 9 heteroatoms. The third-order valence-corrected chi connectivity index (χ3v) is 6.68. The van der Waals surface area contributed by atoms with Crippen molar-refractivity contribution in [2.24, 2.45) is 0 Å². The second-order valence-electron chi connectivity index (χ2n) is 7.65. The Kier molecular flexibility index (Phi) is 6.17. The summed E-state index contributed by atoms with van der Waals surface area (Å²) in [4.78, 5) is 34.8. The van der Waals surface area contributed by atoms with Gasteiger partial charge in [-0.3, -0.25) is 14.5 Å². The summed E-state index contributed by atoms with van der Waals surface area (Å²) < 4.78 is 18.9. The highest BCUT2D eigenvalue weighted by Crippen LogP contribution is 2.40. The first-order valence-electron chi connectivity index (χ1n) is 10.1. The van der Waals surface area contributed by atoms with Crippen LogP contribution in [0, 0.1) is 19.7 Å². The SMILES string of the molecule is Cc1nc(C)c(C(=O)C2=C(O)C(=O)N(CCN3CCOCC3)[C@@H]2c2ccc(F)cc2)s1. The summed E-state index contributed by atoms with van der Waals surface area (Å²) in [5.41, 5.74) is 1.15. The van der Waals surface area contributed by atoms with Crippen LogP contribution in [0.5, 0.6) is 0 Å². The standard InChI is InChI=1S/C22H24FN3O4S/c1-13-21(31-14(2)24-13)19(27)17-18(15-3-5-16(23)6-4-15)26(22(29)20(17)28)8-7-25-9-11-30-12-10-25/h3-6,18,28H,7-12H2,1-2H3/t18-/m1/s1. The normalized spacial score (nSPS) is 20.0. The number of hydrogen-bond acceptors (Lipinski definition) is 7. The molecule has 7 nitrogen and oxygen atoms in total. The van der Waals surface area contributed by atoms with Crippen LogP contribution < -0.4 is 0 Å². The van der Waals surface area contributed by atoms with Crippen molar-refractivity contribution in [2.45, 2.75) is 19.9 Å². The Bertz CT molecular complexity index is 1030. The number of aromatic nitrogens is 1. The fraction of sp³-hybridized carbons (Fsp3) is 0.409. The summed E-state index contributed by atoms with van der Waals surface area (Å²) >= 11 is 1.23. The van der Waals surface area contributed by atoms with Gasteiger partial charge >= 0.3 is 0 Å². The summed E-state index contributed by atoms with van der Waals surface area (Å²) in [6.07, 6.45) is 0. The van der Waals surface area contributed by atoms with Gasteiger partial charge in [0.15, 0.2) is 5.76 Å². The van der Waals surface area contributed by atoms with E-state index in [-0.39, 0.29) is 5.57 Å². The molecule has 2 aliphatic rings. The maximum absolute atomic E-state index is 13.6. The zero-order valence-corrected chi connectivity index (χ0v) is 18.2. The second kappa shape index (κ2) is 8.86. The fourth-order valence-electron chi connectivity index (χ4n) is 4.05. The third-order valence-electron chi connectivity index (χ3n) is 5.60. The van der Waals surface area contributed by atoms with Gasteiger partial charge < -0.3 is 14.7 Å². The number of aliphatic hydroxyl groups is 1. The van der Waals surface area contributed by atoms with Crippen molar-refractivity contribution < 1.29 is 23.8 Å². The Morgan fingerprint density at radius 3 is 2.52 bits per heavy atom. The number of amides is 1. The molecule has 0 aliphatic carbocycles. The van der Waals surface area contributed by atoms with Crippen LogP contribution in [0.1, 0.15) is 32.0 Å². The smallest absolute Gasteiger partial charge is 0.290 e. The molecule has 3 heterocycles. The number of Topliss-reactive ketones (excluding diaryl/α,β-unsaturated/α-hetero) is 1. The van der Waals surface area contributed by atoms with Gasteiger partial charge in [-0.2, -0.15) is 0 Å². The van der Waals surface area contributed by atoms with E-state index in [0.717, 1.165) is 18.1 Å². The maximum atomic E-state index is 13.6. The number of carbonyl (C=O) groups is 2. The molecule has 0 spiro atoms. The van der Waals surface area contributed by atoms with E-state index < -0.39 is 29.3 Å². The fourth-order valence-corrected chi connectivity index (χ4v) is 4.92. The van der Waals surface area contributed by atoms with Crippen molar-refractivity contribution in [1.29, 1.82) is 0 Å². The van der Waals surface area contributed by atoms with Gasteiger partial charge in [0, 0.05) is 26.2 Å². The molecule has 1 aromatic heterocycles. The predicted octanol–water partition coefficient (Wildman–Crippen LogP) is 2.81. The molecule has 0 radical (unpaired) electrons. The molecule has 1 fully saturated rings. The Morgan fingerprint density at radius 1 is 1.23 bits per heavy atom. The van der Waals surface area contributed by atoms with Crippen LogP contribution in [0.4, 0.5) is 4.39 Å². The summed E-state index contributed by atoms with van der Waals surface area (Å²) in [6.45, 7) is 7.21. The monoisotopic (exact) mass is 445 g/mol. The van der Waals surface area contributed by atoms with E-state index in [2.05, 4.69) is 9.88 Å². The molecule has 1 saturated heterocycles. The molecule has 2 aromatic rings. The van der Waals surface area contributed by atoms with E-state index in [0.29, 0.717) is 42.4 Å². The van der Waals surface area contributed by atoms with E-state index >= 15 is 0 Å². The average molecular weight is 446 g/mol. The molecule has 4 rings (SSSR count). The molecule has 164 valence electrons. The summed E-state index contributed by atoms with van der Waals surface area (Å²) in [7, 11) is 0. The van der Waals surface area contributed by atoms with Gasteiger partial charge in [0.25, 0.3) is 5.91 Å². The number of hydrogen-bond donors (Lipinski definition) is 1. The minimum absolute atomic E-state index is 0.0188. The number of ketones is 1. The third kappa shape index (κ3) is 4.26. The van der Waals surface area contributed by atoms with E-state index in [9.17, 15) is 19.1 Å². The molecule has 1 N–H and O–H groups in total. The average Bonchev–Trinajstić information content (AvgIpc) is 3.23. The van der Waals surface area contributed by atoms with E-state index in [1.807, 2.05) is 0 Å². The second-order valence-corrected chi connectivity index (χ2v) is 8.85. The molecule has 1 aromatic carbocycles. The van der Waals surface area contributed by atoms with Crippen LogP contribution >= 0.6 is 11.3 Å². The lowest BCUT2D eigenvalue weighted by atomic mass is 9.95. The largest absolute Gasteiger partial charge is 0.503 e. The van der Waals surface area contributed by atoms with Crippen molar-refractivity contribution in [1.82, 2.24) is 14.8 Å². The molecule has 2 aliphatic heterocycles. The summed E-state index contributed by atoms with van der Waals surface area (Å²) in [6, 6.07) is 4.89. The number of morpholine rings is 1. The topological polar surface area (TPSA) is 83.0 Å². The van der Waals surface area contributed by atoms with Gasteiger partial charge in [-0.1, -0.05) is 12.1 Å². The number of aryl methyl sites for hydroxylation is 2. The Balaban J connectivity index is 1.69. The lowest BCUT2D eigenvalue weighted by Crippen LogP contribution is -2.43. The van der Waals surface area contributed by atoms with Crippen molar-refractivity contribution >= 4 is 23.0 Å². The lowest BCUT2D eigenvalue weighted by molar-refractivity contribution is -0.129. The molecule has 0 saturated carbocycles. The molecular weight excluding hydrogens is 421 g/mol. The van der Waals surface area contributed by atoms with Crippen LogP contribution in [0.25, 0.3) is 0 Å². The number of halogens is 1. The zero-order chi connectivity index (χ0) is 22.1. The predicted molar refractivity (Wildman–Crippen MR) is 114 cm³/mol.